The summed E-state index contributed by atoms with van der Waals surface area (Å²) in [7, 11) is 1.79. The summed E-state index contributed by atoms with van der Waals surface area (Å²) in [5, 5.41) is 11.9. The summed E-state index contributed by atoms with van der Waals surface area (Å²) in [5.41, 5.74) is 1.15. The summed E-state index contributed by atoms with van der Waals surface area (Å²) in [4.78, 5) is 3.87. The Hall–Kier alpha value is -2.19. The number of para-hydroxylation sites is 1. The maximum absolute atomic E-state index is 13.9. The topological polar surface area (TPSA) is 53.6 Å². The van der Waals surface area contributed by atoms with Crippen molar-refractivity contribution >= 4 is 0 Å². The van der Waals surface area contributed by atoms with Crippen LogP contribution in [0.1, 0.15) is 11.4 Å². The second-order valence-electron chi connectivity index (χ2n) is 3.51. The van der Waals surface area contributed by atoms with Gasteiger partial charge < -0.3 is 5.32 Å². The molecule has 0 amide bonds. The quantitative estimate of drug-likeness (QED) is 0.871. The number of hydrogen-bond donors (Lipinski definition) is 1. The zero-order valence-electron chi connectivity index (χ0n) is 9.31. The van der Waals surface area contributed by atoms with Crippen molar-refractivity contribution in [1.29, 1.82) is 5.26 Å². The minimum atomic E-state index is -0.368. The van der Waals surface area contributed by atoms with Crippen LogP contribution in [-0.2, 0) is 6.54 Å². The molecule has 0 aliphatic rings. The molecule has 4 nitrogen and oxygen atoms in total. The van der Waals surface area contributed by atoms with Crippen LogP contribution in [0.25, 0.3) is 5.69 Å². The molecule has 1 N–H and O–H groups in total. The number of nitrogens with one attached hydrogen (secondary N) is 1. The lowest BCUT2D eigenvalue weighted by atomic mass is 10.1. The Kier molecular flexibility index (Phi) is 3.17. The molecule has 17 heavy (non-hydrogen) atoms. The molecule has 2 rings (SSSR count). The molecule has 0 radical (unpaired) electrons. The summed E-state index contributed by atoms with van der Waals surface area (Å²) in [5.74, 6) is -0.195. The Morgan fingerprint density at radius 1 is 1.53 bits per heavy atom. The molecule has 1 aromatic heterocycles. The van der Waals surface area contributed by atoms with Crippen molar-refractivity contribution in [3.8, 4) is 11.8 Å². The van der Waals surface area contributed by atoms with E-state index in [0.29, 0.717) is 12.2 Å². The molecule has 1 heterocycles. The highest BCUT2D eigenvalue weighted by atomic mass is 19.1. The summed E-state index contributed by atoms with van der Waals surface area (Å²) in [6, 6.07) is 6.77. The van der Waals surface area contributed by atoms with E-state index in [0.717, 1.165) is 5.56 Å². The predicted octanol–water partition coefficient (Wildman–Crippen LogP) is 1.60. The highest BCUT2D eigenvalue weighted by molar-refractivity contribution is 5.44. The first-order valence-electron chi connectivity index (χ1n) is 5.13. The predicted molar refractivity (Wildman–Crippen MR) is 61.0 cm³/mol. The van der Waals surface area contributed by atoms with Crippen molar-refractivity contribution in [1.82, 2.24) is 14.9 Å². The van der Waals surface area contributed by atoms with E-state index < -0.39 is 0 Å². The molecule has 5 heteroatoms. The van der Waals surface area contributed by atoms with Gasteiger partial charge in [-0.1, -0.05) is 12.1 Å². The van der Waals surface area contributed by atoms with Crippen LogP contribution in [0.3, 0.4) is 0 Å². The van der Waals surface area contributed by atoms with Crippen molar-refractivity contribution in [3.63, 3.8) is 0 Å². The van der Waals surface area contributed by atoms with Gasteiger partial charge in [-0.25, -0.2) is 9.37 Å². The van der Waals surface area contributed by atoms with E-state index in [9.17, 15) is 4.39 Å². The van der Waals surface area contributed by atoms with Crippen molar-refractivity contribution in [2.75, 3.05) is 7.05 Å². The van der Waals surface area contributed by atoms with E-state index in [2.05, 4.69) is 10.3 Å². The minimum absolute atomic E-state index is 0.174. The van der Waals surface area contributed by atoms with Gasteiger partial charge in [0.1, 0.15) is 11.9 Å². The zero-order valence-corrected chi connectivity index (χ0v) is 9.31. The van der Waals surface area contributed by atoms with Gasteiger partial charge in [-0.15, -0.1) is 0 Å². The summed E-state index contributed by atoms with van der Waals surface area (Å²) in [6.45, 7) is 0.524. The first kappa shape index (κ1) is 11.3. The lowest BCUT2D eigenvalue weighted by Gasteiger charge is -2.11. The maximum Gasteiger partial charge on any atom is 0.217 e. The molecule has 0 aliphatic heterocycles. The molecule has 0 saturated heterocycles. The van der Waals surface area contributed by atoms with Gasteiger partial charge in [0.2, 0.25) is 5.82 Å². The molecular weight excluding hydrogens is 219 g/mol. The molecule has 0 spiro atoms. The van der Waals surface area contributed by atoms with Crippen LogP contribution < -0.4 is 5.32 Å². The Morgan fingerprint density at radius 2 is 2.35 bits per heavy atom. The number of rotatable bonds is 3. The van der Waals surface area contributed by atoms with E-state index in [1.54, 1.807) is 19.3 Å². The van der Waals surface area contributed by atoms with E-state index in [1.165, 1.54) is 16.8 Å². The Morgan fingerprint density at radius 3 is 3.06 bits per heavy atom. The second kappa shape index (κ2) is 4.76. The summed E-state index contributed by atoms with van der Waals surface area (Å²) >= 11 is 0. The highest BCUT2D eigenvalue weighted by Gasteiger charge is 2.13. The van der Waals surface area contributed by atoms with E-state index in [1.807, 2.05) is 12.1 Å². The Labute approximate surface area is 98.3 Å². The third-order valence-corrected chi connectivity index (χ3v) is 2.42. The average molecular weight is 230 g/mol. The standard InChI is InChI=1S/C12H11FN4/c1-15-8-9-3-2-4-10(13)12(9)17-6-5-16-11(17)7-14/h2-6,15H,8H2,1H3. The average Bonchev–Trinajstić information content (AvgIpc) is 2.77. The zero-order chi connectivity index (χ0) is 12.3. The number of imidazole rings is 1. The van der Waals surface area contributed by atoms with Crippen LogP contribution in [0.5, 0.6) is 0 Å². The monoisotopic (exact) mass is 230 g/mol. The van der Waals surface area contributed by atoms with Crippen molar-refractivity contribution in [2.45, 2.75) is 6.54 Å². The lowest BCUT2D eigenvalue weighted by Crippen LogP contribution is -2.11. The molecule has 0 bridgehead atoms. The molecular formula is C12H11FN4. The number of aromatic nitrogens is 2. The molecule has 86 valence electrons. The number of nitrogens with zero attached hydrogens (tertiary/aromatic N) is 3. The number of benzene rings is 1. The second-order valence-corrected chi connectivity index (χ2v) is 3.51. The third-order valence-electron chi connectivity index (χ3n) is 2.42. The SMILES string of the molecule is CNCc1cccc(F)c1-n1ccnc1C#N. The minimum Gasteiger partial charge on any atom is -0.316 e. The van der Waals surface area contributed by atoms with Crippen molar-refractivity contribution in [3.05, 3.63) is 47.8 Å². The molecule has 1 aromatic carbocycles. The molecule has 0 unspecified atom stereocenters. The fourth-order valence-corrected chi connectivity index (χ4v) is 1.73. The smallest absolute Gasteiger partial charge is 0.217 e. The Balaban J connectivity index is 2.62. The van der Waals surface area contributed by atoms with E-state index >= 15 is 0 Å². The molecule has 0 aliphatic carbocycles. The van der Waals surface area contributed by atoms with Gasteiger partial charge in [0.15, 0.2) is 0 Å². The number of nitriles is 1. The van der Waals surface area contributed by atoms with Gasteiger partial charge in [0, 0.05) is 18.9 Å². The van der Waals surface area contributed by atoms with Crippen LogP contribution >= 0.6 is 0 Å². The fourth-order valence-electron chi connectivity index (χ4n) is 1.73. The van der Waals surface area contributed by atoms with Crippen LogP contribution in [0, 0.1) is 17.1 Å². The van der Waals surface area contributed by atoms with E-state index in [-0.39, 0.29) is 11.6 Å². The lowest BCUT2D eigenvalue weighted by molar-refractivity contribution is 0.612. The molecule has 0 saturated carbocycles. The maximum atomic E-state index is 13.9. The van der Waals surface area contributed by atoms with Crippen molar-refractivity contribution < 1.29 is 4.39 Å². The van der Waals surface area contributed by atoms with Gasteiger partial charge in [-0.05, 0) is 18.7 Å². The normalized spacial score (nSPS) is 10.2. The first-order chi connectivity index (χ1) is 8.27. The van der Waals surface area contributed by atoms with Crippen LogP contribution in [0.15, 0.2) is 30.6 Å². The van der Waals surface area contributed by atoms with Crippen LogP contribution in [0.4, 0.5) is 4.39 Å². The number of hydrogen-bond acceptors (Lipinski definition) is 3. The highest BCUT2D eigenvalue weighted by Crippen LogP contribution is 2.20. The molecule has 2 aromatic rings. The molecule has 0 fully saturated rings. The van der Waals surface area contributed by atoms with Crippen LogP contribution in [-0.4, -0.2) is 16.6 Å². The molecule has 0 atom stereocenters. The van der Waals surface area contributed by atoms with Gasteiger partial charge in [0.05, 0.1) is 5.69 Å². The van der Waals surface area contributed by atoms with E-state index in [4.69, 9.17) is 5.26 Å². The third kappa shape index (κ3) is 2.03. The largest absolute Gasteiger partial charge is 0.316 e. The van der Waals surface area contributed by atoms with Gasteiger partial charge in [-0.3, -0.25) is 4.57 Å². The number of halogens is 1. The summed E-state index contributed by atoms with van der Waals surface area (Å²) < 4.78 is 15.3. The van der Waals surface area contributed by atoms with Crippen molar-refractivity contribution in [2.24, 2.45) is 0 Å². The first-order valence-corrected chi connectivity index (χ1v) is 5.13. The van der Waals surface area contributed by atoms with Gasteiger partial charge >= 0.3 is 0 Å². The van der Waals surface area contributed by atoms with Crippen LogP contribution in [0.2, 0.25) is 0 Å². The summed E-state index contributed by atoms with van der Waals surface area (Å²) in [6.07, 6.45) is 3.06. The van der Waals surface area contributed by atoms with Gasteiger partial charge in [-0.2, -0.15) is 5.26 Å². The fraction of sp³-hybridized carbons (Fsp3) is 0.167. The van der Waals surface area contributed by atoms with Gasteiger partial charge in [0.25, 0.3) is 0 Å². The Bertz CT molecular complexity index is 568.